The number of aliphatic hydroxyl groups is 1. The molecule has 4 nitrogen and oxygen atoms in total. The smallest absolute Gasteiger partial charge is 0.302 e. The van der Waals surface area contributed by atoms with Crippen LogP contribution in [0.5, 0.6) is 0 Å². The van der Waals surface area contributed by atoms with E-state index in [-0.39, 0.29) is 45.1 Å². The van der Waals surface area contributed by atoms with Gasteiger partial charge in [0.1, 0.15) is 6.61 Å². The molecule has 4 heteroatoms. The zero-order valence-corrected chi connectivity index (χ0v) is 24.1. The summed E-state index contributed by atoms with van der Waals surface area (Å²) < 4.78 is 5.68. The number of carbonyl (C=O) groups excluding carboxylic acids is 2. The van der Waals surface area contributed by atoms with E-state index in [0.29, 0.717) is 36.6 Å². The Balaban J connectivity index is 1.58. The molecule has 3 unspecified atom stereocenters. The number of esters is 1. The van der Waals surface area contributed by atoms with Crippen LogP contribution < -0.4 is 0 Å². The molecule has 0 heterocycles. The minimum Gasteiger partial charge on any atom is -0.465 e. The molecule has 0 radical (unpaired) electrons. The van der Waals surface area contributed by atoms with Crippen LogP contribution in [0.25, 0.3) is 0 Å². The van der Waals surface area contributed by atoms with Crippen LogP contribution in [-0.4, -0.2) is 29.6 Å². The topological polar surface area (TPSA) is 63.6 Å². The summed E-state index contributed by atoms with van der Waals surface area (Å²) in [6.07, 6.45) is 9.10. The van der Waals surface area contributed by atoms with Gasteiger partial charge >= 0.3 is 5.97 Å². The lowest BCUT2D eigenvalue weighted by Crippen LogP contribution is -2.65. The first-order chi connectivity index (χ1) is 16.6. The molecule has 36 heavy (non-hydrogen) atoms. The maximum absolute atomic E-state index is 13.5. The summed E-state index contributed by atoms with van der Waals surface area (Å²) >= 11 is 0. The van der Waals surface area contributed by atoms with Gasteiger partial charge in [-0.2, -0.15) is 0 Å². The fraction of sp³-hybridized carbons (Fsp3) is 0.875. The van der Waals surface area contributed by atoms with Crippen molar-refractivity contribution in [3.05, 3.63) is 11.1 Å². The number of rotatable bonds is 3. The van der Waals surface area contributed by atoms with E-state index in [1.54, 1.807) is 0 Å². The highest BCUT2D eigenvalue weighted by atomic mass is 16.5. The fourth-order valence-corrected chi connectivity index (χ4v) is 11.1. The molecule has 5 rings (SSSR count). The number of ketones is 1. The first-order valence-electron chi connectivity index (χ1n) is 14.7. The van der Waals surface area contributed by atoms with Crippen molar-refractivity contribution in [2.75, 3.05) is 6.61 Å². The minimum atomic E-state index is -0.298. The third-order valence-corrected chi connectivity index (χ3v) is 13.1. The van der Waals surface area contributed by atoms with Gasteiger partial charge in [0, 0.05) is 18.8 Å². The van der Waals surface area contributed by atoms with Gasteiger partial charge in [0.15, 0.2) is 5.78 Å². The zero-order chi connectivity index (χ0) is 26.5. The van der Waals surface area contributed by atoms with Crippen LogP contribution in [0.15, 0.2) is 11.1 Å². The van der Waals surface area contributed by atoms with E-state index in [4.69, 9.17) is 4.74 Å². The van der Waals surface area contributed by atoms with Gasteiger partial charge < -0.3 is 9.84 Å². The highest BCUT2D eigenvalue weighted by molar-refractivity contribution is 6.00. The monoisotopic (exact) mass is 498 g/mol. The van der Waals surface area contributed by atoms with E-state index in [2.05, 4.69) is 48.5 Å². The van der Waals surface area contributed by atoms with Crippen molar-refractivity contribution in [2.24, 2.45) is 50.7 Å². The van der Waals surface area contributed by atoms with Gasteiger partial charge in [-0.25, -0.2) is 0 Å². The van der Waals surface area contributed by atoms with Gasteiger partial charge in [-0.05, 0) is 108 Å². The Morgan fingerprint density at radius 2 is 1.64 bits per heavy atom. The Hall–Kier alpha value is -1.16. The largest absolute Gasteiger partial charge is 0.465 e. The molecule has 1 N–H and O–H groups in total. The Labute approximate surface area is 219 Å². The molecule has 0 saturated heterocycles. The average molecular weight is 499 g/mol. The lowest BCUT2D eigenvalue weighted by molar-refractivity contribution is -0.229. The van der Waals surface area contributed by atoms with Gasteiger partial charge in [0.2, 0.25) is 0 Å². The predicted molar refractivity (Wildman–Crippen MR) is 142 cm³/mol. The highest BCUT2D eigenvalue weighted by Crippen LogP contribution is 2.76. The minimum absolute atomic E-state index is 0.0386. The van der Waals surface area contributed by atoms with Crippen LogP contribution in [0.2, 0.25) is 0 Å². The Morgan fingerprint density at radius 1 is 0.944 bits per heavy atom. The van der Waals surface area contributed by atoms with Gasteiger partial charge in [0.25, 0.3) is 0 Å². The summed E-state index contributed by atoms with van der Waals surface area (Å²) in [4.78, 5) is 25.3. The Morgan fingerprint density at radius 3 is 2.28 bits per heavy atom. The van der Waals surface area contributed by atoms with Crippen molar-refractivity contribution in [3.8, 4) is 0 Å². The van der Waals surface area contributed by atoms with Crippen molar-refractivity contribution < 1.29 is 19.4 Å². The lowest BCUT2D eigenvalue weighted by Gasteiger charge is -2.72. The van der Waals surface area contributed by atoms with E-state index in [9.17, 15) is 14.7 Å². The number of Topliss-reactive ketones (excluding diaryl/α,β-unsaturated/α-hetero) is 1. The maximum atomic E-state index is 13.5. The lowest BCUT2D eigenvalue weighted by atomic mass is 9.33. The molecule has 5 aliphatic carbocycles. The number of hydrogen-bond acceptors (Lipinski definition) is 4. The van der Waals surface area contributed by atoms with Gasteiger partial charge in [-0.1, -0.05) is 48.5 Å². The third kappa shape index (κ3) is 3.27. The van der Waals surface area contributed by atoms with Crippen molar-refractivity contribution in [1.29, 1.82) is 0 Å². The molecule has 0 spiro atoms. The molecule has 0 aliphatic heterocycles. The van der Waals surface area contributed by atoms with Crippen LogP contribution in [0.4, 0.5) is 0 Å². The van der Waals surface area contributed by atoms with E-state index >= 15 is 0 Å². The number of allylic oxidation sites excluding steroid dienone is 1. The van der Waals surface area contributed by atoms with E-state index < -0.39 is 0 Å². The molecular formula is C32H50O4. The summed E-state index contributed by atoms with van der Waals surface area (Å²) in [5, 5.41) is 10.9. The first-order valence-corrected chi connectivity index (χ1v) is 14.7. The molecule has 8 atom stereocenters. The summed E-state index contributed by atoms with van der Waals surface area (Å²) in [5.74, 6) is 1.83. The average Bonchev–Trinajstić information content (AvgIpc) is 3.08. The van der Waals surface area contributed by atoms with Crippen LogP contribution in [-0.2, 0) is 14.3 Å². The van der Waals surface area contributed by atoms with Gasteiger partial charge in [0.05, 0.1) is 6.10 Å². The van der Waals surface area contributed by atoms with Crippen molar-refractivity contribution in [3.63, 3.8) is 0 Å². The van der Waals surface area contributed by atoms with Crippen LogP contribution in [0.1, 0.15) is 113 Å². The highest BCUT2D eigenvalue weighted by Gasteiger charge is 2.70. The quantitative estimate of drug-likeness (QED) is 0.430. The number of carbonyl (C=O) groups is 2. The maximum Gasteiger partial charge on any atom is 0.302 e. The second-order valence-electron chi connectivity index (χ2n) is 15.1. The number of fused-ring (bicyclic) bond motifs is 7. The number of hydrogen-bond donors (Lipinski definition) is 1. The molecule has 202 valence electrons. The summed E-state index contributed by atoms with van der Waals surface area (Å²) in [6.45, 7) is 18.5. The second kappa shape index (κ2) is 8.17. The molecule has 4 fully saturated rings. The molecular weight excluding hydrogens is 448 g/mol. The first kappa shape index (κ1) is 26.4. The SMILES string of the molecule is CC(=O)OC[C@@]12CC[C@]3(C)C(CCC4[C@@]5(C)CC[C@H](O)C(C)(C)C5CC[C@]43C)C1=C(C(C)C)C(=O)C2. The molecule has 0 amide bonds. The third-order valence-electron chi connectivity index (χ3n) is 13.1. The number of aliphatic hydroxyl groups excluding tert-OH is 1. The molecule has 0 aromatic carbocycles. The van der Waals surface area contributed by atoms with Gasteiger partial charge in [-0.15, -0.1) is 0 Å². The van der Waals surface area contributed by atoms with E-state index in [1.165, 1.54) is 31.8 Å². The van der Waals surface area contributed by atoms with Crippen LogP contribution >= 0.6 is 0 Å². The van der Waals surface area contributed by atoms with Crippen LogP contribution in [0, 0.1) is 50.7 Å². The molecule has 5 aliphatic rings. The Bertz CT molecular complexity index is 992. The fourth-order valence-electron chi connectivity index (χ4n) is 11.1. The molecule has 0 aromatic heterocycles. The summed E-state index contributed by atoms with van der Waals surface area (Å²) in [5.41, 5.74) is 2.68. The Kier molecular flexibility index (Phi) is 6.00. The predicted octanol–water partition coefficient (Wildman–Crippen LogP) is 6.89. The standard InChI is InChI=1S/C32H50O4/c1-19(2)26-22(34)17-32(18-36-20(3)33)16-15-30(7)21(27(26)32)9-10-24-29(6)13-12-25(35)28(4,5)23(29)11-14-31(24,30)8/h19,21,23-25,35H,9-18H2,1-8H3/t21?,23?,24?,25-,29-,30+,31+,32-/m0/s1. The van der Waals surface area contributed by atoms with Crippen molar-refractivity contribution in [1.82, 2.24) is 0 Å². The van der Waals surface area contributed by atoms with Gasteiger partial charge in [-0.3, -0.25) is 9.59 Å². The summed E-state index contributed by atoms with van der Waals surface area (Å²) in [6, 6.07) is 0. The van der Waals surface area contributed by atoms with E-state index in [1.807, 2.05) is 0 Å². The van der Waals surface area contributed by atoms with Crippen LogP contribution in [0.3, 0.4) is 0 Å². The normalized spacial score (nSPS) is 47.7. The van der Waals surface area contributed by atoms with Crippen molar-refractivity contribution in [2.45, 2.75) is 119 Å². The number of ether oxygens (including phenoxy) is 1. The zero-order valence-electron chi connectivity index (χ0n) is 24.1. The van der Waals surface area contributed by atoms with E-state index in [0.717, 1.165) is 37.7 Å². The van der Waals surface area contributed by atoms with Crippen molar-refractivity contribution >= 4 is 11.8 Å². The molecule has 4 saturated carbocycles. The summed E-state index contributed by atoms with van der Waals surface area (Å²) in [7, 11) is 0. The molecule has 0 bridgehead atoms. The molecule has 0 aromatic rings. The second-order valence-corrected chi connectivity index (χ2v) is 15.1.